The molecular weight excluding hydrogens is 408 g/mol. The minimum absolute atomic E-state index is 0.285. The maximum atomic E-state index is 13.0. The lowest BCUT2D eigenvalue weighted by molar-refractivity contribution is 0.0819. The third kappa shape index (κ3) is 3.84. The van der Waals surface area contributed by atoms with Gasteiger partial charge in [-0.2, -0.15) is 0 Å². The number of hydrogen-bond acceptors (Lipinski definition) is 5. The summed E-state index contributed by atoms with van der Waals surface area (Å²) in [6, 6.07) is 0.932. The Bertz CT molecular complexity index is 1090. The van der Waals surface area contributed by atoms with Crippen LogP contribution in [0.2, 0.25) is 0 Å². The van der Waals surface area contributed by atoms with Gasteiger partial charge in [-0.05, 0) is 82.1 Å². The number of rotatable bonds is 3. The number of anilines is 1. The lowest BCUT2D eigenvalue weighted by Crippen LogP contribution is -2.18. The maximum Gasteiger partial charge on any atom is 0.354 e. The molecule has 0 fully saturated rings. The van der Waals surface area contributed by atoms with E-state index in [0.717, 1.165) is 83.6 Å². The minimum Gasteiger partial charge on any atom is -0.385 e. The topological polar surface area (TPSA) is 118 Å². The Labute approximate surface area is 175 Å². The zero-order valence-corrected chi connectivity index (χ0v) is 18.5. The second kappa shape index (κ2) is 7.16. The van der Waals surface area contributed by atoms with Gasteiger partial charge in [0.15, 0.2) is 9.92 Å². The fraction of sp³-hybridized carbons (Fsp3) is 0.500. The highest BCUT2D eigenvalue weighted by Gasteiger charge is 2.28. The molecule has 7 nitrogen and oxygen atoms in total. The maximum absolute atomic E-state index is 13.0. The van der Waals surface area contributed by atoms with Crippen molar-refractivity contribution in [3.8, 4) is 0 Å². The molecule has 0 bridgehead atoms. The molecule has 2 aliphatic carbocycles. The number of pyridine rings is 1. The van der Waals surface area contributed by atoms with Crippen molar-refractivity contribution in [1.29, 1.82) is 0 Å². The van der Waals surface area contributed by atoms with Crippen molar-refractivity contribution in [3.05, 3.63) is 39.0 Å². The molecule has 0 spiro atoms. The van der Waals surface area contributed by atoms with Crippen molar-refractivity contribution >= 4 is 33.0 Å². The van der Waals surface area contributed by atoms with Gasteiger partial charge in [-0.25, -0.2) is 14.1 Å². The number of fused-ring (bicyclic) bond motifs is 2. The molecule has 4 rings (SSSR count). The van der Waals surface area contributed by atoms with Gasteiger partial charge in [0.25, 0.3) is 0 Å². The van der Waals surface area contributed by atoms with Crippen LogP contribution in [0.5, 0.6) is 0 Å². The standard InChI is InChI=1S/C20H26N4O3S2/c1-11-10-16(28-18(11)20(2,3)26)29(21,27)24-19(25)23-17-12-6-4-8-14(12)22-15-9-5-7-13(15)17/h10,26H,4-9H2,1-3H3,(H3,21,22,23,24,25,27)/t29-/m1/s1. The van der Waals surface area contributed by atoms with Crippen molar-refractivity contribution in [1.82, 2.24) is 4.98 Å². The second-order valence-electron chi connectivity index (χ2n) is 8.27. The Morgan fingerprint density at radius 1 is 1.24 bits per heavy atom. The molecule has 2 amide bonds. The van der Waals surface area contributed by atoms with Gasteiger partial charge in [-0.15, -0.1) is 15.7 Å². The first-order valence-electron chi connectivity index (χ1n) is 9.79. The van der Waals surface area contributed by atoms with E-state index >= 15 is 0 Å². The Morgan fingerprint density at radius 2 is 1.83 bits per heavy atom. The number of carbonyl (C=O) groups excluding carboxylic acids is 1. The SMILES string of the molecule is Cc1cc([S@](N)(=O)=NC(=O)Nc2c3c(nc4c2CCC4)CCC3)sc1C(C)(C)O. The number of amides is 2. The fourth-order valence-corrected chi connectivity index (χ4v) is 6.71. The van der Waals surface area contributed by atoms with Gasteiger partial charge < -0.3 is 10.4 Å². The second-order valence-corrected chi connectivity index (χ2v) is 11.3. The van der Waals surface area contributed by atoms with E-state index in [1.54, 1.807) is 19.9 Å². The molecule has 9 heteroatoms. The summed E-state index contributed by atoms with van der Waals surface area (Å²) in [5.74, 6) is 0. The predicted octanol–water partition coefficient (Wildman–Crippen LogP) is 3.59. The van der Waals surface area contributed by atoms with E-state index in [1.165, 1.54) is 0 Å². The van der Waals surface area contributed by atoms with Crippen LogP contribution < -0.4 is 10.5 Å². The molecule has 29 heavy (non-hydrogen) atoms. The minimum atomic E-state index is -3.41. The van der Waals surface area contributed by atoms with Crippen LogP contribution in [0.1, 0.15) is 59.6 Å². The van der Waals surface area contributed by atoms with E-state index in [2.05, 4.69) is 9.68 Å². The van der Waals surface area contributed by atoms with Crippen LogP contribution in [0.25, 0.3) is 0 Å². The van der Waals surface area contributed by atoms with Gasteiger partial charge in [0.05, 0.1) is 11.3 Å². The van der Waals surface area contributed by atoms with Crippen LogP contribution >= 0.6 is 11.3 Å². The molecule has 2 aromatic heterocycles. The Kier molecular flexibility index (Phi) is 5.05. The normalized spacial score (nSPS) is 17.6. The van der Waals surface area contributed by atoms with Crippen molar-refractivity contribution in [2.75, 3.05) is 5.32 Å². The molecule has 0 saturated heterocycles. The van der Waals surface area contributed by atoms with Crippen LogP contribution in [0.3, 0.4) is 0 Å². The molecule has 0 aromatic carbocycles. The number of thiophene rings is 1. The number of nitrogens with two attached hydrogens (primary N) is 1. The summed E-state index contributed by atoms with van der Waals surface area (Å²) >= 11 is 1.13. The molecule has 2 aliphatic rings. The van der Waals surface area contributed by atoms with Crippen molar-refractivity contribution in [3.63, 3.8) is 0 Å². The number of urea groups is 1. The Hall–Kier alpha value is -1.81. The number of aromatic nitrogens is 1. The molecule has 2 heterocycles. The van der Waals surface area contributed by atoms with E-state index in [9.17, 15) is 14.1 Å². The van der Waals surface area contributed by atoms with Gasteiger partial charge in [-0.3, -0.25) is 4.98 Å². The van der Waals surface area contributed by atoms with E-state index in [0.29, 0.717) is 4.88 Å². The lowest BCUT2D eigenvalue weighted by Gasteiger charge is -2.16. The zero-order chi connectivity index (χ0) is 21.0. The van der Waals surface area contributed by atoms with Gasteiger partial charge in [-0.1, -0.05) is 0 Å². The lowest BCUT2D eigenvalue weighted by atomic mass is 10.1. The summed E-state index contributed by atoms with van der Waals surface area (Å²) in [6.07, 6.45) is 5.64. The predicted molar refractivity (Wildman–Crippen MR) is 115 cm³/mol. The first kappa shape index (κ1) is 20.5. The number of nitrogens with zero attached hydrogens (tertiary/aromatic N) is 2. The molecule has 0 unspecified atom stereocenters. The largest absolute Gasteiger partial charge is 0.385 e. The number of nitrogens with one attached hydrogen (secondary N) is 1. The summed E-state index contributed by atoms with van der Waals surface area (Å²) in [5.41, 5.74) is 4.75. The molecule has 4 N–H and O–H groups in total. The fourth-order valence-electron chi connectivity index (χ4n) is 4.24. The molecule has 2 aromatic rings. The van der Waals surface area contributed by atoms with Crippen molar-refractivity contribution in [2.24, 2.45) is 9.50 Å². The van der Waals surface area contributed by atoms with E-state index in [4.69, 9.17) is 10.1 Å². The third-order valence-electron chi connectivity index (χ3n) is 5.44. The summed E-state index contributed by atoms with van der Waals surface area (Å²) < 4.78 is 17.1. The smallest absolute Gasteiger partial charge is 0.354 e. The highest BCUT2D eigenvalue weighted by molar-refractivity contribution is 7.93. The van der Waals surface area contributed by atoms with Gasteiger partial charge >= 0.3 is 6.03 Å². The molecule has 0 radical (unpaired) electrons. The summed E-state index contributed by atoms with van der Waals surface area (Å²) in [7, 11) is -3.41. The van der Waals surface area contributed by atoms with E-state index in [-0.39, 0.29) is 4.21 Å². The summed E-state index contributed by atoms with van der Waals surface area (Å²) in [4.78, 5) is 18.1. The third-order valence-corrected chi connectivity index (χ3v) is 8.88. The van der Waals surface area contributed by atoms with Crippen LogP contribution in [-0.4, -0.2) is 20.3 Å². The summed E-state index contributed by atoms with van der Waals surface area (Å²) in [6.45, 7) is 5.12. The first-order valence-corrected chi connectivity index (χ1v) is 12.2. The molecule has 0 saturated carbocycles. The van der Waals surface area contributed by atoms with Crippen LogP contribution in [-0.2, 0) is 41.2 Å². The Balaban J connectivity index is 1.67. The van der Waals surface area contributed by atoms with Crippen LogP contribution in [0.4, 0.5) is 10.5 Å². The molecule has 1 atom stereocenters. The van der Waals surface area contributed by atoms with Crippen LogP contribution in [0.15, 0.2) is 14.6 Å². The number of hydrogen-bond donors (Lipinski definition) is 3. The van der Waals surface area contributed by atoms with Gasteiger partial charge in [0.1, 0.15) is 4.21 Å². The average molecular weight is 435 g/mol. The monoisotopic (exact) mass is 434 g/mol. The quantitative estimate of drug-likeness (QED) is 0.684. The number of carbonyl (C=O) groups is 1. The zero-order valence-electron chi connectivity index (χ0n) is 16.9. The molecule has 156 valence electrons. The van der Waals surface area contributed by atoms with Gasteiger partial charge in [0.2, 0.25) is 0 Å². The highest BCUT2D eigenvalue weighted by Crippen LogP contribution is 2.37. The van der Waals surface area contributed by atoms with Gasteiger partial charge in [0, 0.05) is 16.3 Å². The Morgan fingerprint density at radius 3 is 2.34 bits per heavy atom. The summed E-state index contributed by atoms with van der Waals surface area (Å²) in [5, 5.41) is 19.1. The number of aliphatic hydroxyl groups is 1. The average Bonchev–Trinajstić information content (AvgIpc) is 3.31. The highest BCUT2D eigenvalue weighted by atomic mass is 32.2. The number of aryl methyl sites for hydroxylation is 3. The van der Waals surface area contributed by atoms with Crippen LogP contribution in [0, 0.1) is 6.92 Å². The van der Waals surface area contributed by atoms with Crippen molar-refractivity contribution in [2.45, 2.75) is 69.1 Å². The van der Waals surface area contributed by atoms with E-state index < -0.39 is 21.5 Å². The van der Waals surface area contributed by atoms with E-state index in [1.807, 2.05) is 6.92 Å². The molecular formula is C20H26N4O3S2. The first-order chi connectivity index (χ1) is 13.6. The van der Waals surface area contributed by atoms with Crippen molar-refractivity contribution < 1.29 is 14.1 Å². The molecule has 0 aliphatic heterocycles.